The van der Waals surface area contributed by atoms with E-state index in [1.165, 1.54) is 13.3 Å². The lowest BCUT2D eigenvalue weighted by molar-refractivity contribution is -0.139. The van der Waals surface area contributed by atoms with Crippen molar-refractivity contribution in [3.05, 3.63) is 97.1 Å². The van der Waals surface area contributed by atoms with Crippen molar-refractivity contribution in [1.29, 1.82) is 5.26 Å². The Bertz CT molecular complexity index is 1750. The first-order valence-corrected chi connectivity index (χ1v) is 15.4. The predicted molar refractivity (Wildman–Crippen MR) is 175 cm³/mol. The topological polar surface area (TPSA) is 160 Å². The van der Waals surface area contributed by atoms with Crippen molar-refractivity contribution in [3.8, 4) is 23.3 Å². The van der Waals surface area contributed by atoms with E-state index in [9.17, 15) is 19.6 Å². The van der Waals surface area contributed by atoms with Crippen molar-refractivity contribution in [1.82, 2.24) is 16.1 Å². The number of hydrazone groups is 1. The lowest BCUT2D eigenvalue weighted by atomic mass is 9.95. The van der Waals surface area contributed by atoms with E-state index >= 15 is 0 Å². The Balaban J connectivity index is 1.42. The zero-order valence-corrected chi connectivity index (χ0v) is 28.2. The van der Waals surface area contributed by atoms with Crippen LogP contribution in [-0.4, -0.2) is 44.4 Å². The highest BCUT2D eigenvalue weighted by Crippen LogP contribution is 2.35. The number of halogens is 2. The monoisotopic (exact) mass is 753 g/mol. The molecular formula is C32H29Br2N5O7. The molecule has 0 saturated carbocycles. The molecule has 0 spiro atoms. The zero-order valence-electron chi connectivity index (χ0n) is 25.0. The molecule has 1 atom stereocenters. The summed E-state index contributed by atoms with van der Waals surface area (Å²) < 4.78 is 23.7. The van der Waals surface area contributed by atoms with E-state index in [4.69, 9.17) is 18.9 Å². The number of ether oxygens (including phenoxy) is 4. The van der Waals surface area contributed by atoms with Crippen LogP contribution in [0.2, 0.25) is 0 Å². The van der Waals surface area contributed by atoms with Crippen LogP contribution in [0.3, 0.4) is 0 Å². The Morgan fingerprint density at radius 3 is 2.63 bits per heavy atom. The molecule has 1 heterocycles. The predicted octanol–water partition coefficient (Wildman–Crippen LogP) is 5.39. The van der Waals surface area contributed by atoms with Crippen LogP contribution in [0, 0.1) is 11.3 Å². The third kappa shape index (κ3) is 8.43. The fourth-order valence-electron chi connectivity index (χ4n) is 4.49. The molecule has 1 aliphatic heterocycles. The van der Waals surface area contributed by atoms with E-state index in [-0.39, 0.29) is 36.9 Å². The number of nitriles is 1. The van der Waals surface area contributed by atoms with Crippen molar-refractivity contribution in [2.24, 2.45) is 5.10 Å². The summed E-state index contributed by atoms with van der Waals surface area (Å²) in [5.41, 5.74) is 5.40. The summed E-state index contributed by atoms with van der Waals surface area (Å²) in [5, 5.41) is 18.7. The minimum absolute atomic E-state index is 0.148. The van der Waals surface area contributed by atoms with Gasteiger partial charge in [-0.2, -0.15) is 10.4 Å². The van der Waals surface area contributed by atoms with Gasteiger partial charge in [0.1, 0.15) is 12.4 Å². The summed E-state index contributed by atoms with van der Waals surface area (Å²) in [7, 11) is 1.43. The number of methoxy groups -OCH3 is 1. The molecule has 3 aromatic carbocycles. The Kier molecular flexibility index (Phi) is 11.8. The molecule has 46 heavy (non-hydrogen) atoms. The minimum atomic E-state index is -0.790. The zero-order chi connectivity index (χ0) is 33.2. The van der Waals surface area contributed by atoms with Crippen LogP contribution in [-0.2, 0) is 20.9 Å². The lowest BCUT2D eigenvalue weighted by Crippen LogP contribution is -2.45. The molecule has 0 saturated heterocycles. The van der Waals surface area contributed by atoms with Crippen LogP contribution < -0.4 is 30.3 Å². The highest BCUT2D eigenvalue weighted by molar-refractivity contribution is 9.11. The van der Waals surface area contributed by atoms with Crippen molar-refractivity contribution in [2.45, 2.75) is 26.5 Å². The highest BCUT2D eigenvalue weighted by Gasteiger charge is 2.32. The molecule has 4 rings (SSSR count). The van der Waals surface area contributed by atoms with Gasteiger partial charge in [-0.1, -0.05) is 40.2 Å². The Hall–Kier alpha value is -4.87. The van der Waals surface area contributed by atoms with Gasteiger partial charge in [-0.05, 0) is 65.7 Å². The fourth-order valence-corrected chi connectivity index (χ4v) is 5.86. The molecule has 3 N–H and O–H groups in total. The largest absolute Gasteiger partial charge is 0.493 e. The number of allylic oxidation sites excluding steroid dienone is 1. The van der Waals surface area contributed by atoms with Gasteiger partial charge >= 0.3 is 12.0 Å². The van der Waals surface area contributed by atoms with Crippen molar-refractivity contribution >= 4 is 56.0 Å². The second-order valence-electron chi connectivity index (χ2n) is 9.65. The van der Waals surface area contributed by atoms with Gasteiger partial charge in [0.05, 0.1) is 47.7 Å². The highest BCUT2D eigenvalue weighted by atomic mass is 79.9. The third-order valence-corrected chi connectivity index (χ3v) is 7.63. The van der Waals surface area contributed by atoms with Crippen LogP contribution in [0.4, 0.5) is 4.79 Å². The second kappa shape index (κ2) is 15.9. The van der Waals surface area contributed by atoms with Gasteiger partial charge in [0.2, 0.25) is 0 Å². The normalized spacial score (nSPS) is 14.2. The molecule has 0 unspecified atom stereocenters. The molecule has 0 radical (unpaired) electrons. The quantitative estimate of drug-likeness (QED) is 0.126. The molecule has 3 aromatic rings. The molecule has 1 aliphatic rings. The first kappa shape index (κ1) is 34.0. The van der Waals surface area contributed by atoms with Crippen LogP contribution in [0.25, 0.3) is 0 Å². The summed E-state index contributed by atoms with van der Waals surface area (Å²) in [6.45, 7) is 3.25. The van der Waals surface area contributed by atoms with Crippen LogP contribution in [0.1, 0.15) is 42.1 Å². The van der Waals surface area contributed by atoms with Gasteiger partial charge < -0.3 is 29.6 Å². The second-order valence-corrected chi connectivity index (χ2v) is 11.4. The van der Waals surface area contributed by atoms with Crippen LogP contribution >= 0.6 is 31.9 Å². The van der Waals surface area contributed by atoms with Gasteiger partial charge in [0.25, 0.3) is 5.91 Å². The standard InChI is InChI=1S/C32H29Br2N5O7/c1-4-44-31(41)28-18(2)37-32(42)38-29(28)19-9-10-25(26(12-19)43-3)45-17-27(40)39-36-15-22-11-23(33)13-24(34)30(22)46-16-21-8-6-5-7-20(21)14-35/h5-13,15,29H,4,16-17H2,1-3H3,(H,39,40)(H2,37,38,42)/b36-15+/t29-/m1/s1. The van der Waals surface area contributed by atoms with Crippen molar-refractivity contribution in [2.75, 3.05) is 20.3 Å². The lowest BCUT2D eigenvalue weighted by Gasteiger charge is -2.28. The number of rotatable bonds is 12. The fraction of sp³-hybridized carbons (Fsp3) is 0.219. The number of urea groups is 1. The molecular weight excluding hydrogens is 726 g/mol. The molecule has 238 valence electrons. The van der Waals surface area contributed by atoms with Crippen molar-refractivity contribution < 1.29 is 33.3 Å². The molecule has 0 aromatic heterocycles. The van der Waals surface area contributed by atoms with E-state index in [1.807, 2.05) is 18.2 Å². The molecule has 0 aliphatic carbocycles. The Morgan fingerprint density at radius 2 is 1.89 bits per heavy atom. The SMILES string of the molecule is CCOC(=O)C1=C(C)NC(=O)N[C@@H]1c1ccc(OCC(=O)N/N=C/c2cc(Br)cc(Br)c2OCc2ccccc2C#N)c(OC)c1. The third-order valence-electron chi connectivity index (χ3n) is 6.58. The van der Waals surface area contributed by atoms with E-state index in [1.54, 1.807) is 50.2 Å². The number of carbonyl (C=O) groups is 3. The number of amides is 3. The minimum Gasteiger partial charge on any atom is -0.493 e. The molecule has 3 amide bonds. The summed E-state index contributed by atoms with van der Waals surface area (Å²) in [4.78, 5) is 37.4. The first-order chi connectivity index (χ1) is 22.1. The number of hydrogen-bond donors (Lipinski definition) is 3. The smallest absolute Gasteiger partial charge is 0.338 e. The molecule has 0 bridgehead atoms. The van der Waals surface area contributed by atoms with E-state index in [0.29, 0.717) is 32.6 Å². The van der Waals surface area contributed by atoms with E-state index < -0.39 is 23.9 Å². The van der Waals surface area contributed by atoms with Gasteiger partial charge in [0.15, 0.2) is 18.1 Å². The summed E-state index contributed by atoms with van der Waals surface area (Å²) in [6, 6.07) is 16.4. The molecule has 14 heteroatoms. The first-order valence-electron chi connectivity index (χ1n) is 13.8. The van der Waals surface area contributed by atoms with E-state index in [0.717, 1.165) is 10.0 Å². The van der Waals surface area contributed by atoms with E-state index in [2.05, 4.69) is 59.1 Å². The van der Waals surface area contributed by atoms with Crippen LogP contribution in [0.5, 0.6) is 17.2 Å². The molecule has 12 nitrogen and oxygen atoms in total. The number of nitrogens with zero attached hydrogens (tertiary/aromatic N) is 2. The summed E-state index contributed by atoms with van der Waals surface area (Å²) >= 11 is 6.94. The van der Waals surface area contributed by atoms with Crippen LogP contribution in [0.15, 0.2) is 79.9 Å². The number of benzene rings is 3. The van der Waals surface area contributed by atoms with Crippen molar-refractivity contribution in [3.63, 3.8) is 0 Å². The van der Waals surface area contributed by atoms with Gasteiger partial charge in [0, 0.05) is 21.3 Å². The van der Waals surface area contributed by atoms with Gasteiger partial charge in [-0.15, -0.1) is 0 Å². The number of carbonyl (C=O) groups excluding carboxylic acids is 3. The number of nitrogens with one attached hydrogen (secondary N) is 3. The van der Waals surface area contributed by atoms with Gasteiger partial charge in [-0.25, -0.2) is 15.0 Å². The summed E-state index contributed by atoms with van der Waals surface area (Å²) in [6.07, 6.45) is 1.43. The number of esters is 1. The maximum atomic E-state index is 12.6. The average Bonchev–Trinajstić information content (AvgIpc) is 3.03. The Morgan fingerprint density at radius 1 is 1.11 bits per heavy atom. The summed E-state index contributed by atoms with van der Waals surface area (Å²) in [5.74, 6) is -0.103. The maximum absolute atomic E-state index is 12.6. The van der Waals surface area contributed by atoms with Gasteiger partial charge in [-0.3, -0.25) is 4.79 Å². The maximum Gasteiger partial charge on any atom is 0.338 e. The average molecular weight is 755 g/mol. The molecule has 0 fully saturated rings. The number of hydrogen-bond acceptors (Lipinski definition) is 9. The Labute approximate surface area is 282 Å².